The lowest BCUT2D eigenvalue weighted by atomic mass is 9.63. The van der Waals surface area contributed by atoms with Crippen LogP contribution in [-0.2, 0) is 93.4 Å². The molecular weight excluding hydrogens is 1320 g/mol. The molecule has 6 heterocycles. The van der Waals surface area contributed by atoms with Gasteiger partial charge in [0.25, 0.3) is 0 Å². The summed E-state index contributed by atoms with van der Waals surface area (Å²) in [6, 6.07) is 62.6. The predicted molar refractivity (Wildman–Crippen MR) is 445 cm³/mol. The SMILES string of the molecule is Cc1ccccc1-c1cc2c(c[n+]1C)C1CCC2C1.Cc1ccccc1-c1cc2c(c[n+]1C)CC1CC2C1.[2H]C1([2H])CC([2H])([2H])c2c1cc[n+](C)c2-c1ccccc1C.[2H]C1([2H])CCC([2H])([2H])c2c1cc[n+](C)c2-c1ccccc1C.[2H]C1([2H])CCc2c[n+](C)c(-c3ccccc3C)cc21.[2H]C12CC(Cc3c[n+](C)c(-c4ccccc4C)cc31)C2. The zero-order chi connectivity index (χ0) is 85.0. The molecule has 6 nitrogen and oxygen atoms in total. The van der Waals surface area contributed by atoms with Crippen LogP contribution in [0.4, 0.5) is 0 Å². The topological polar surface area (TPSA) is 23.3 Å². The number of aryl methyl sites for hydroxylation is 16. The average molecular weight is 1450 g/mol. The standard InChI is InChI=1S/3C18H20N.C17H20N.2C16H18N/c2*1-12-5-3-4-6-16(12)18-10-17-14-7-13(8-14)9-15(17)11-19(18)2;1-12-5-3-4-6-15(12)18-10-16-13-7-8-14(9-13)17(16)11-19(18)2;1-13-7-3-5-9-15(13)17-16-10-6-4-8-14(16)11-12-18(17)2;1-12-6-3-4-9-15(12)16-10-13-7-5-8-14(13)11-17(16)2;1-12-6-3-4-8-14(12)16-15-9-5-7-13(15)10-11-17(16)2/h3*3-6,10-11,13-14H,7-9H2,1-2H3;3,5,7,9,11-12H,4,6,8,10H2,1-2H3;3-4,6,9-11H,5,7-8H2,1-2H3;3-4,6,8,10-11H,5,7,9H2,1-2H3/q6*+1/i14D;;;8D2,10D2;7D2;7D2,9D2. The number of fused-ring (bicyclic) bond motifs is 8. The Bertz CT molecular complexity index is 5930. The molecule has 6 aromatic carbocycles. The number of hydrogen-bond donors (Lipinski definition) is 0. The van der Waals surface area contributed by atoms with E-state index in [9.17, 15) is 0 Å². The lowest BCUT2D eigenvalue weighted by Crippen LogP contribution is -2.37. The zero-order valence-electron chi connectivity index (χ0n) is 77.3. The third-order valence-electron chi connectivity index (χ3n) is 25.0. The van der Waals surface area contributed by atoms with Gasteiger partial charge in [0, 0.05) is 118 Å². The van der Waals surface area contributed by atoms with Crippen molar-refractivity contribution >= 4 is 0 Å². The third-order valence-corrected chi connectivity index (χ3v) is 25.0. The maximum Gasteiger partial charge on any atom is 0.216 e. The smallest absolute Gasteiger partial charge is 0.201 e. The number of pyridine rings is 6. The van der Waals surface area contributed by atoms with Crippen LogP contribution in [0.5, 0.6) is 0 Å². The van der Waals surface area contributed by atoms with E-state index in [0.717, 1.165) is 106 Å². The Morgan fingerprint density at radius 3 is 1.16 bits per heavy atom. The maximum absolute atomic E-state index is 8.65. The van der Waals surface area contributed by atoms with E-state index in [-0.39, 0.29) is 25.2 Å². The summed E-state index contributed by atoms with van der Waals surface area (Å²) in [4.78, 5) is 0. The highest BCUT2D eigenvalue weighted by Crippen LogP contribution is 2.54. The molecule has 109 heavy (non-hydrogen) atoms. The Morgan fingerprint density at radius 1 is 0.303 bits per heavy atom. The summed E-state index contributed by atoms with van der Waals surface area (Å²) in [7, 11) is 12.3. The molecule has 11 aliphatic rings. The van der Waals surface area contributed by atoms with Crippen LogP contribution >= 0.6 is 0 Å². The second-order valence-corrected chi connectivity index (χ2v) is 32.5. The molecule has 3 fully saturated rings. The monoisotopic (exact) mass is 1450 g/mol. The van der Waals surface area contributed by atoms with Crippen LogP contribution in [0, 0.1) is 53.4 Å². The summed E-state index contributed by atoms with van der Waals surface area (Å²) in [6.07, 6.45) is 18.7. The Balaban J connectivity index is 0.000000107. The van der Waals surface area contributed by atoms with Gasteiger partial charge in [-0.3, -0.25) is 0 Å². The fourth-order valence-electron chi connectivity index (χ4n) is 19.0. The van der Waals surface area contributed by atoms with Crippen LogP contribution in [0.3, 0.4) is 0 Å². The predicted octanol–water partition coefficient (Wildman–Crippen LogP) is 20.2. The van der Waals surface area contributed by atoms with Gasteiger partial charge >= 0.3 is 0 Å². The lowest BCUT2D eigenvalue weighted by molar-refractivity contribution is -0.661. The highest BCUT2D eigenvalue weighted by molar-refractivity contribution is 5.69. The minimum atomic E-state index is -1.66. The van der Waals surface area contributed by atoms with Gasteiger partial charge in [-0.25, -0.2) is 27.4 Å². The third kappa shape index (κ3) is 15.0. The van der Waals surface area contributed by atoms with Crippen molar-refractivity contribution in [1.29, 1.82) is 0 Å². The summed E-state index contributed by atoms with van der Waals surface area (Å²) < 4.78 is 104. The molecule has 0 saturated heterocycles. The fraction of sp³-hybridized carbons (Fsp3) is 0.359. The first-order valence-electron chi connectivity index (χ1n) is 45.5. The van der Waals surface area contributed by atoms with E-state index < -0.39 is 31.9 Å². The lowest BCUT2D eigenvalue weighted by Gasteiger charge is -2.41. The van der Waals surface area contributed by atoms with E-state index in [4.69, 9.17) is 15.1 Å². The summed E-state index contributed by atoms with van der Waals surface area (Å²) in [6.45, 7) is 12.7. The fourth-order valence-corrected chi connectivity index (χ4v) is 19.0. The summed E-state index contributed by atoms with van der Waals surface area (Å²) in [5.74, 6) is 3.95. The van der Waals surface area contributed by atoms with Gasteiger partial charge in [0.1, 0.15) is 42.3 Å². The van der Waals surface area contributed by atoms with Crippen molar-refractivity contribution in [3.8, 4) is 67.5 Å². The molecule has 3 saturated carbocycles. The van der Waals surface area contributed by atoms with E-state index in [1.54, 1.807) is 34.4 Å². The largest absolute Gasteiger partial charge is 0.216 e. The van der Waals surface area contributed by atoms with Crippen LogP contribution in [0.15, 0.2) is 219 Å². The molecule has 23 rings (SSSR count). The highest BCUT2D eigenvalue weighted by Gasteiger charge is 2.42. The number of hydrogen-bond acceptors (Lipinski definition) is 0. The molecule has 6 bridgehead atoms. The van der Waals surface area contributed by atoms with Gasteiger partial charge in [-0.05, 0) is 302 Å². The average Bonchev–Trinajstić information content (AvgIpc) is 1.52. The number of aromatic nitrogens is 6. The molecule has 0 aliphatic heterocycles. The molecular formula is C103H116N6+6. The van der Waals surface area contributed by atoms with Gasteiger partial charge in [0.2, 0.25) is 34.2 Å². The molecule has 552 valence electrons. The van der Waals surface area contributed by atoms with E-state index in [1.807, 2.05) is 123 Å². The summed E-state index contributed by atoms with van der Waals surface area (Å²) >= 11 is 0. The molecule has 6 heteroatoms. The molecule has 11 aliphatic carbocycles. The molecule has 12 aromatic rings. The van der Waals surface area contributed by atoms with Crippen LogP contribution < -0.4 is 27.4 Å². The van der Waals surface area contributed by atoms with Crippen molar-refractivity contribution in [3.63, 3.8) is 0 Å². The van der Waals surface area contributed by atoms with Crippen molar-refractivity contribution in [2.75, 3.05) is 0 Å². The molecule has 2 unspecified atom stereocenters. The van der Waals surface area contributed by atoms with Crippen molar-refractivity contribution in [1.82, 2.24) is 0 Å². The first-order chi connectivity index (χ1) is 57.0. The summed E-state index contributed by atoms with van der Waals surface area (Å²) in [5, 5.41) is 0. The van der Waals surface area contributed by atoms with Gasteiger partial charge in [-0.15, -0.1) is 0 Å². The van der Waals surface area contributed by atoms with Crippen molar-refractivity contribution in [3.05, 3.63) is 319 Å². The first-order valence-corrected chi connectivity index (χ1v) is 40.0. The highest BCUT2D eigenvalue weighted by atomic mass is 15.0. The number of rotatable bonds is 6. The van der Waals surface area contributed by atoms with E-state index in [1.165, 1.54) is 111 Å². The van der Waals surface area contributed by atoms with Crippen LogP contribution in [0.25, 0.3) is 67.5 Å². The molecule has 6 aromatic heterocycles. The van der Waals surface area contributed by atoms with Gasteiger partial charge in [0.15, 0.2) is 37.2 Å². The Morgan fingerprint density at radius 2 is 0.670 bits per heavy atom. The summed E-state index contributed by atoms with van der Waals surface area (Å²) in [5.41, 5.74) is 34.2. The van der Waals surface area contributed by atoms with Gasteiger partial charge in [-0.1, -0.05) is 109 Å². The van der Waals surface area contributed by atoms with Crippen LogP contribution in [0.2, 0.25) is 0 Å². The molecule has 0 N–H and O–H groups in total. The Labute approximate surface area is 667 Å². The number of benzene rings is 6. The molecule has 0 radical (unpaired) electrons. The molecule has 2 atom stereocenters. The minimum absolute atomic E-state index is 0.127. The van der Waals surface area contributed by atoms with E-state index >= 15 is 0 Å². The normalized spacial score (nSPS) is 23.5. The Kier molecular flexibility index (Phi) is 17.7. The van der Waals surface area contributed by atoms with Gasteiger partial charge in [-0.2, -0.15) is 0 Å². The van der Waals surface area contributed by atoms with E-state index in [0.29, 0.717) is 28.7 Å². The second kappa shape index (κ2) is 31.7. The van der Waals surface area contributed by atoms with Gasteiger partial charge in [0.05, 0.1) is 0 Å². The second-order valence-electron chi connectivity index (χ2n) is 32.5. The number of nitrogens with zero attached hydrogens (tertiary/aromatic N) is 6. The molecule has 0 amide bonds. The quantitative estimate of drug-likeness (QED) is 0.148. The molecule has 0 spiro atoms. The van der Waals surface area contributed by atoms with Crippen molar-refractivity contribution in [2.45, 2.75) is 187 Å². The van der Waals surface area contributed by atoms with Crippen LogP contribution in [0.1, 0.15) is 209 Å². The van der Waals surface area contributed by atoms with Crippen molar-refractivity contribution < 1.29 is 42.5 Å². The van der Waals surface area contributed by atoms with E-state index in [2.05, 4.69) is 195 Å². The Hall–Kier alpha value is -9.78. The minimum Gasteiger partial charge on any atom is -0.201 e. The zero-order valence-corrected chi connectivity index (χ0v) is 66.3. The van der Waals surface area contributed by atoms with Crippen LogP contribution in [-0.4, -0.2) is 0 Å². The first kappa shape index (κ1) is 61.0. The van der Waals surface area contributed by atoms with Gasteiger partial charge < -0.3 is 0 Å². The maximum atomic E-state index is 8.65. The van der Waals surface area contributed by atoms with Crippen molar-refractivity contribution in [2.24, 2.45) is 54.1 Å².